The number of hydrogen-bond donors (Lipinski definition) is 1. The second-order valence-corrected chi connectivity index (χ2v) is 8.20. The van der Waals surface area contributed by atoms with Gasteiger partial charge in [-0.1, -0.05) is 23.2 Å². The molecule has 12 heteroatoms. The second-order valence-electron chi connectivity index (χ2n) is 5.67. The minimum absolute atomic E-state index is 0.0571. The molecule has 0 unspecified atom stereocenters. The molecule has 29 heavy (non-hydrogen) atoms. The van der Waals surface area contributed by atoms with Crippen LogP contribution in [0.2, 0.25) is 10.0 Å². The molecule has 0 aliphatic rings. The van der Waals surface area contributed by atoms with Crippen molar-refractivity contribution >= 4 is 44.6 Å². The van der Waals surface area contributed by atoms with Crippen LogP contribution in [0.15, 0.2) is 53.7 Å². The molecule has 150 valence electrons. The summed E-state index contributed by atoms with van der Waals surface area (Å²) in [4.78, 5) is 18.0. The lowest BCUT2D eigenvalue weighted by molar-refractivity contribution is -0.384. The molecule has 0 saturated carbocycles. The molecule has 0 fully saturated rings. The van der Waals surface area contributed by atoms with Gasteiger partial charge in [0.25, 0.3) is 15.7 Å². The van der Waals surface area contributed by atoms with Gasteiger partial charge in [0.15, 0.2) is 5.75 Å². The topological polar surface area (TPSA) is 124 Å². The summed E-state index contributed by atoms with van der Waals surface area (Å²) in [7, 11) is -4.24. The molecule has 0 radical (unpaired) electrons. The Bertz CT molecular complexity index is 1200. The van der Waals surface area contributed by atoms with Crippen LogP contribution in [0.1, 0.15) is 5.69 Å². The molecule has 2 heterocycles. The van der Waals surface area contributed by atoms with Crippen molar-refractivity contribution in [1.82, 2.24) is 9.97 Å². The van der Waals surface area contributed by atoms with Crippen molar-refractivity contribution in [3.63, 3.8) is 0 Å². The minimum atomic E-state index is -4.24. The van der Waals surface area contributed by atoms with E-state index in [9.17, 15) is 18.5 Å². The fraction of sp³-hybridized carbons (Fsp3) is 0.0588. The molecule has 1 aromatic carbocycles. The van der Waals surface area contributed by atoms with Crippen LogP contribution >= 0.6 is 23.2 Å². The van der Waals surface area contributed by atoms with Crippen molar-refractivity contribution in [3.05, 3.63) is 74.6 Å². The van der Waals surface area contributed by atoms with Gasteiger partial charge in [0.1, 0.15) is 10.7 Å². The van der Waals surface area contributed by atoms with Crippen LogP contribution in [0.4, 0.5) is 11.4 Å². The molecule has 1 N–H and O–H groups in total. The summed E-state index contributed by atoms with van der Waals surface area (Å²) < 4.78 is 33.5. The summed E-state index contributed by atoms with van der Waals surface area (Å²) in [6.07, 6.45) is 2.86. The lowest BCUT2D eigenvalue weighted by Gasteiger charge is -2.13. The monoisotopic (exact) mass is 454 g/mol. The predicted molar refractivity (Wildman–Crippen MR) is 107 cm³/mol. The molecule has 0 aliphatic heterocycles. The summed E-state index contributed by atoms with van der Waals surface area (Å²) in [5.41, 5.74) is -0.0361. The first kappa shape index (κ1) is 20.8. The Balaban J connectivity index is 1.99. The Morgan fingerprint density at radius 3 is 2.62 bits per heavy atom. The lowest BCUT2D eigenvalue weighted by atomic mass is 10.3. The summed E-state index contributed by atoms with van der Waals surface area (Å²) in [5.74, 6) is 0.294. The van der Waals surface area contributed by atoms with E-state index in [2.05, 4.69) is 14.7 Å². The third-order valence-corrected chi connectivity index (χ3v) is 5.54. The Labute approximate surface area is 175 Å². The fourth-order valence-electron chi connectivity index (χ4n) is 2.27. The molecular formula is C17H12Cl2N4O5S. The van der Waals surface area contributed by atoms with Gasteiger partial charge in [0.2, 0.25) is 5.88 Å². The molecular weight excluding hydrogens is 443 g/mol. The number of pyridine rings is 2. The zero-order chi connectivity index (χ0) is 21.2. The molecule has 0 atom stereocenters. The Morgan fingerprint density at radius 2 is 1.93 bits per heavy atom. The van der Waals surface area contributed by atoms with E-state index in [1.807, 2.05) is 0 Å². The van der Waals surface area contributed by atoms with Gasteiger partial charge in [-0.15, -0.1) is 0 Å². The smallest absolute Gasteiger partial charge is 0.289 e. The maximum Gasteiger partial charge on any atom is 0.289 e. The van der Waals surface area contributed by atoms with Crippen LogP contribution in [0.25, 0.3) is 0 Å². The largest absolute Gasteiger partial charge is 0.435 e. The number of rotatable bonds is 6. The van der Waals surface area contributed by atoms with Crippen molar-refractivity contribution in [2.24, 2.45) is 0 Å². The standard InChI is InChI=1S/C17H12Cl2N4O5S/c1-10-16(3-2-6-20-10)28-17-14(7-11(18)9-21-17)22-29(26,27)12-4-5-13(19)15(8-12)23(24)25/h2-9,22H,1H3. The zero-order valence-corrected chi connectivity index (χ0v) is 17.0. The van der Waals surface area contributed by atoms with E-state index in [1.54, 1.807) is 25.3 Å². The average Bonchev–Trinajstić information content (AvgIpc) is 2.65. The summed E-state index contributed by atoms with van der Waals surface area (Å²) in [6.45, 7) is 1.71. The summed E-state index contributed by atoms with van der Waals surface area (Å²) in [6, 6.07) is 7.71. The Kier molecular flexibility index (Phi) is 5.87. The number of sulfonamides is 1. The van der Waals surface area contributed by atoms with E-state index in [1.165, 1.54) is 12.3 Å². The number of nitrogens with one attached hydrogen (secondary N) is 1. The number of aromatic nitrogens is 2. The van der Waals surface area contributed by atoms with Gasteiger partial charge in [-0.05, 0) is 37.3 Å². The number of nitro groups is 1. The number of nitro benzene ring substituents is 1. The van der Waals surface area contributed by atoms with Crippen LogP contribution in [0.3, 0.4) is 0 Å². The SMILES string of the molecule is Cc1ncccc1Oc1ncc(Cl)cc1NS(=O)(=O)c1ccc(Cl)c([N+](=O)[O-])c1. The molecule has 0 amide bonds. The number of aryl methyl sites for hydroxylation is 1. The quantitative estimate of drug-likeness (QED) is 0.426. The minimum Gasteiger partial charge on any atom is -0.435 e. The Hall–Kier alpha value is -2.95. The van der Waals surface area contributed by atoms with Gasteiger partial charge in [-0.3, -0.25) is 19.8 Å². The van der Waals surface area contributed by atoms with Gasteiger partial charge < -0.3 is 4.74 Å². The van der Waals surface area contributed by atoms with E-state index >= 15 is 0 Å². The highest BCUT2D eigenvalue weighted by atomic mass is 35.5. The van der Waals surface area contributed by atoms with Crippen molar-refractivity contribution in [1.29, 1.82) is 0 Å². The summed E-state index contributed by atoms with van der Waals surface area (Å²) in [5, 5.41) is 11.0. The predicted octanol–water partition coefficient (Wildman–Crippen LogP) is 4.59. The van der Waals surface area contributed by atoms with E-state index < -0.39 is 20.6 Å². The molecule has 9 nitrogen and oxygen atoms in total. The normalized spacial score (nSPS) is 11.1. The van der Waals surface area contributed by atoms with Gasteiger partial charge in [-0.25, -0.2) is 13.4 Å². The number of halogens is 2. The first-order valence-electron chi connectivity index (χ1n) is 7.89. The summed E-state index contributed by atoms with van der Waals surface area (Å²) >= 11 is 11.7. The van der Waals surface area contributed by atoms with E-state index in [0.717, 1.165) is 18.2 Å². The maximum absolute atomic E-state index is 12.8. The maximum atomic E-state index is 12.8. The first-order valence-corrected chi connectivity index (χ1v) is 10.1. The average molecular weight is 455 g/mol. The molecule has 3 rings (SSSR count). The third kappa shape index (κ3) is 4.73. The lowest BCUT2D eigenvalue weighted by Crippen LogP contribution is -2.14. The van der Waals surface area contributed by atoms with Gasteiger partial charge in [-0.2, -0.15) is 0 Å². The highest BCUT2D eigenvalue weighted by molar-refractivity contribution is 7.92. The molecule has 3 aromatic rings. The van der Waals surface area contributed by atoms with E-state index in [4.69, 9.17) is 27.9 Å². The van der Waals surface area contributed by atoms with Crippen LogP contribution in [0, 0.1) is 17.0 Å². The van der Waals surface area contributed by atoms with Crippen molar-refractivity contribution in [2.75, 3.05) is 4.72 Å². The highest BCUT2D eigenvalue weighted by Gasteiger charge is 2.23. The second kappa shape index (κ2) is 8.19. The first-order chi connectivity index (χ1) is 13.7. The molecule has 0 saturated heterocycles. The van der Waals surface area contributed by atoms with Gasteiger partial charge in [0, 0.05) is 18.5 Å². The van der Waals surface area contributed by atoms with Crippen molar-refractivity contribution in [2.45, 2.75) is 11.8 Å². The van der Waals surface area contributed by atoms with Crippen LogP contribution < -0.4 is 9.46 Å². The number of benzene rings is 1. The molecule has 0 spiro atoms. The highest BCUT2D eigenvalue weighted by Crippen LogP contribution is 2.33. The van der Waals surface area contributed by atoms with Crippen molar-refractivity contribution < 1.29 is 18.1 Å². The number of nitrogens with zero attached hydrogens (tertiary/aromatic N) is 3. The fourth-order valence-corrected chi connectivity index (χ4v) is 3.68. The molecule has 0 aliphatic carbocycles. The number of hydrogen-bond acceptors (Lipinski definition) is 7. The van der Waals surface area contributed by atoms with Crippen LogP contribution in [-0.4, -0.2) is 23.3 Å². The zero-order valence-electron chi connectivity index (χ0n) is 14.7. The Morgan fingerprint density at radius 1 is 1.17 bits per heavy atom. The van der Waals surface area contributed by atoms with Crippen LogP contribution in [-0.2, 0) is 10.0 Å². The van der Waals surface area contributed by atoms with Crippen molar-refractivity contribution in [3.8, 4) is 11.6 Å². The van der Waals surface area contributed by atoms with Gasteiger partial charge >= 0.3 is 0 Å². The molecule has 2 aromatic heterocycles. The number of ether oxygens (including phenoxy) is 1. The molecule has 0 bridgehead atoms. The third-order valence-electron chi connectivity index (χ3n) is 3.65. The van der Waals surface area contributed by atoms with E-state index in [0.29, 0.717) is 11.4 Å². The van der Waals surface area contributed by atoms with Gasteiger partial charge in [0.05, 0.1) is 20.5 Å². The van der Waals surface area contributed by atoms with E-state index in [-0.39, 0.29) is 26.5 Å². The van der Waals surface area contributed by atoms with Crippen LogP contribution in [0.5, 0.6) is 11.6 Å². The number of anilines is 1.